The van der Waals surface area contributed by atoms with Crippen LogP contribution in [0.15, 0.2) is 24.4 Å². The molecule has 0 atom stereocenters. The van der Waals surface area contributed by atoms with Crippen molar-refractivity contribution in [1.29, 1.82) is 0 Å². The minimum Gasteiger partial charge on any atom is -0.354 e. The first-order valence-electron chi connectivity index (χ1n) is 7.59. The van der Waals surface area contributed by atoms with Crippen LogP contribution < -0.4 is 5.32 Å². The molecule has 1 amide bonds. The van der Waals surface area contributed by atoms with Crippen molar-refractivity contribution in [3.8, 4) is 0 Å². The summed E-state index contributed by atoms with van der Waals surface area (Å²) in [6, 6.07) is 5.73. The number of aromatic nitrogens is 2. The monoisotopic (exact) mass is 297 g/mol. The van der Waals surface area contributed by atoms with E-state index in [1.165, 1.54) is 0 Å². The third kappa shape index (κ3) is 2.79. The number of fused-ring (bicyclic) bond motifs is 1. The summed E-state index contributed by atoms with van der Waals surface area (Å²) in [4.78, 5) is 31.6. The topological polar surface area (TPSA) is 74.8 Å². The third-order valence-electron chi connectivity index (χ3n) is 4.06. The largest absolute Gasteiger partial charge is 0.354 e. The molecule has 2 N–H and O–H groups in total. The molecule has 2 aromatic heterocycles. The molecule has 5 heteroatoms. The van der Waals surface area contributed by atoms with Gasteiger partial charge < -0.3 is 10.3 Å². The number of aromatic amines is 1. The van der Waals surface area contributed by atoms with E-state index in [-0.39, 0.29) is 11.7 Å². The summed E-state index contributed by atoms with van der Waals surface area (Å²) in [5, 5.41) is 2.89. The summed E-state index contributed by atoms with van der Waals surface area (Å²) in [6.45, 7) is 2.36. The predicted molar refractivity (Wildman–Crippen MR) is 83.1 cm³/mol. The number of carbonyl (C=O) groups is 2. The molecule has 0 saturated heterocycles. The lowest BCUT2D eigenvalue weighted by Gasteiger charge is -2.09. The number of nitrogens with one attached hydrogen (secondary N) is 2. The van der Waals surface area contributed by atoms with Crippen LogP contribution in [0, 0.1) is 6.92 Å². The normalized spacial score (nSPS) is 13.8. The van der Waals surface area contributed by atoms with Gasteiger partial charge >= 0.3 is 0 Å². The lowest BCUT2D eigenvalue weighted by atomic mass is 9.94. The Morgan fingerprint density at radius 1 is 1.36 bits per heavy atom. The van der Waals surface area contributed by atoms with Crippen LogP contribution in [0.25, 0.3) is 0 Å². The van der Waals surface area contributed by atoms with E-state index in [2.05, 4.69) is 15.3 Å². The van der Waals surface area contributed by atoms with Crippen LogP contribution in [0.4, 0.5) is 0 Å². The highest BCUT2D eigenvalue weighted by Gasteiger charge is 2.26. The molecule has 0 spiro atoms. The van der Waals surface area contributed by atoms with Gasteiger partial charge in [-0.15, -0.1) is 0 Å². The zero-order chi connectivity index (χ0) is 15.5. The Morgan fingerprint density at radius 3 is 2.95 bits per heavy atom. The van der Waals surface area contributed by atoms with Crippen LogP contribution in [0.3, 0.4) is 0 Å². The molecule has 1 aliphatic carbocycles. The number of pyridine rings is 1. The van der Waals surface area contributed by atoms with E-state index < -0.39 is 0 Å². The van der Waals surface area contributed by atoms with Crippen LogP contribution in [-0.2, 0) is 12.8 Å². The summed E-state index contributed by atoms with van der Waals surface area (Å²) in [6.07, 6.45) is 4.69. The fourth-order valence-corrected chi connectivity index (χ4v) is 2.94. The Bertz CT molecular complexity index is 704. The summed E-state index contributed by atoms with van der Waals surface area (Å²) >= 11 is 0. The van der Waals surface area contributed by atoms with Crippen molar-refractivity contribution >= 4 is 11.7 Å². The number of nitrogens with zero attached hydrogens (tertiary/aromatic N) is 1. The highest BCUT2D eigenvalue weighted by atomic mass is 16.2. The molecule has 0 fully saturated rings. The van der Waals surface area contributed by atoms with Crippen molar-refractivity contribution < 1.29 is 9.59 Å². The number of Topliss-reactive ketones (excluding diaryl/α,β-unsaturated/α-hetero) is 1. The average molecular weight is 297 g/mol. The predicted octanol–water partition coefficient (Wildman–Crippen LogP) is 2.21. The molecule has 2 aromatic rings. The quantitative estimate of drug-likeness (QED) is 0.908. The van der Waals surface area contributed by atoms with Crippen LogP contribution in [-0.4, -0.2) is 28.2 Å². The zero-order valence-electron chi connectivity index (χ0n) is 12.6. The highest BCUT2D eigenvalue weighted by molar-refractivity contribution is 6.04. The molecule has 1 aliphatic rings. The van der Waals surface area contributed by atoms with Crippen molar-refractivity contribution in [2.75, 3.05) is 6.54 Å². The van der Waals surface area contributed by atoms with Crippen molar-refractivity contribution in [2.45, 2.75) is 32.6 Å². The molecule has 3 rings (SSSR count). The summed E-state index contributed by atoms with van der Waals surface area (Å²) in [7, 11) is 0. The maximum atomic E-state index is 12.3. The first-order valence-corrected chi connectivity index (χ1v) is 7.59. The molecule has 22 heavy (non-hydrogen) atoms. The smallest absolute Gasteiger partial charge is 0.268 e. The molecule has 5 nitrogen and oxygen atoms in total. The Kier molecular flexibility index (Phi) is 4.04. The minimum absolute atomic E-state index is 0.141. The van der Waals surface area contributed by atoms with E-state index >= 15 is 0 Å². The first-order chi connectivity index (χ1) is 10.7. The van der Waals surface area contributed by atoms with Crippen LogP contribution in [0.5, 0.6) is 0 Å². The number of hydrogen-bond donors (Lipinski definition) is 2. The Morgan fingerprint density at radius 2 is 2.23 bits per heavy atom. The van der Waals surface area contributed by atoms with Crippen LogP contribution in [0.2, 0.25) is 0 Å². The van der Waals surface area contributed by atoms with E-state index in [4.69, 9.17) is 0 Å². The number of carbonyl (C=O) groups excluding carboxylic acids is 2. The van der Waals surface area contributed by atoms with Gasteiger partial charge in [-0.1, -0.05) is 6.07 Å². The molecule has 0 saturated carbocycles. The van der Waals surface area contributed by atoms with E-state index in [9.17, 15) is 9.59 Å². The van der Waals surface area contributed by atoms with E-state index in [1.807, 2.05) is 25.1 Å². The second-order valence-corrected chi connectivity index (χ2v) is 5.58. The van der Waals surface area contributed by atoms with Crippen LogP contribution >= 0.6 is 0 Å². The standard InChI is InChI=1S/C17H19N3O2/c1-11-15-13(6-4-7-14(15)21)20-16(11)17(22)19-10-8-12-5-2-3-9-18-12/h2-3,5,9,20H,4,6-8,10H2,1H3,(H,19,22). The molecular formula is C17H19N3O2. The van der Waals surface area contributed by atoms with Gasteiger partial charge in [-0.2, -0.15) is 0 Å². The summed E-state index contributed by atoms with van der Waals surface area (Å²) in [5.74, 6) is -0.0156. The summed E-state index contributed by atoms with van der Waals surface area (Å²) in [5.41, 5.74) is 3.86. The van der Waals surface area contributed by atoms with E-state index in [1.54, 1.807) is 6.20 Å². The molecular weight excluding hydrogens is 278 g/mol. The van der Waals surface area contributed by atoms with Gasteiger partial charge in [-0.3, -0.25) is 14.6 Å². The van der Waals surface area contributed by atoms with Gasteiger partial charge in [-0.25, -0.2) is 0 Å². The van der Waals surface area contributed by atoms with Crippen molar-refractivity contribution in [1.82, 2.24) is 15.3 Å². The number of ketones is 1. The van der Waals surface area contributed by atoms with Gasteiger partial charge in [0.25, 0.3) is 5.91 Å². The Labute approximate surface area is 129 Å². The molecule has 0 aliphatic heterocycles. The number of hydrogen-bond acceptors (Lipinski definition) is 3. The van der Waals surface area contributed by atoms with Gasteiger partial charge in [-0.05, 0) is 37.5 Å². The SMILES string of the molecule is Cc1c(C(=O)NCCc2ccccn2)[nH]c2c1C(=O)CCC2. The van der Waals surface area contributed by atoms with Gasteiger partial charge in [0, 0.05) is 42.5 Å². The fraction of sp³-hybridized carbons (Fsp3) is 0.353. The maximum Gasteiger partial charge on any atom is 0.268 e. The minimum atomic E-state index is -0.157. The Balaban J connectivity index is 1.67. The van der Waals surface area contributed by atoms with E-state index in [0.29, 0.717) is 25.1 Å². The first kappa shape index (κ1) is 14.5. The molecule has 0 bridgehead atoms. The lowest BCUT2D eigenvalue weighted by Crippen LogP contribution is -2.26. The number of amides is 1. The maximum absolute atomic E-state index is 12.3. The second kappa shape index (κ2) is 6.13. The fourth-order valence-electron chi connectivity index (χ4n) is 2.94. The van der Waals surface area contributed by atoms with Crippen molar-refractivity contribution in [3.63, 3.8) is 0 Å². The van der Waals surface area contributed by atoms with E-state index in [0.717, 1.165) is 35.4 Å². The molecule has 0 aromatic carbocycles. The van der Waals surface area contributed by atoms with Crippen LogP contribution in [0.1, 0.15) is 50.6 Å². The molecule has 0 unspecified atom stereocenters. The lowest BCUT2D eigenvalue weighted by molar-refractivity contribution is 0.0948. The number of aryl methyl sites for hydroxylation is 1. The Hall–Kier alpha value is -2.43. The van der Waals surface area contributed by atoms with Crippen molar-refractivity contribution in [2.24, 2.45) is 0 Å². The van der Waals surface area contributed by atoms with Gasteiger partial charge in [0.05, 0.1) is 0 Å². The summed E-state index contributed by atoms with van der Waals surface area (Å²) < 4.78 is 0. The second-order valence-electron chi connectivity index (χ2n) is 5.58. The van der Waals surface area contributed by atoms with Crippen molar-refractivity contribution in [3.05, 3.63) is 52.6 Å². The number of rotatable bonds is 4. The third-order valence-corrected chi connectivity index (χ3v) is 4.06. The zero-order valence-corrected chi connectivity index (χ0v) is 12.6. The van der Waals surface area contributed by atoms with Gasteiger partial charge in [0.1, 0.15) is 5.69 Å². The van der Waals surface area contributed by atoms with Gasteiger partial charge in [0.15, 0.2) is 5.78 Å². The molecule has 2 heterocycles. The molecule has 114 valence electrons. The molecule has 0 radical (unpaired) electrons. The average Bonchev–Trinajstić information content (AvgIpc) is 2.87. The number of H-pyrrole nitrogens is 1. The highest BCUT2D eigenvalue weighted by Crippen LogP contribution is 2.26. The van der Waals surface area contributed by atoms with Gasteiger partial charge in [0.2, 0.25) is 0 Å².